The number of phenols is 1. The number of hydrogen-bond donors (Lipinski definition) is 1. The van der Waals surface area contributed by atoms with Gasteiger partial charge < -0.3 is 5.11 Å². The lowest BCUT2D eigenvalue weighted by Crippen LogP contribution is -1.89. The van der Waals surface area contributed by atoms with Crippen LogP contribution in [0.2, 0.25) is 0 Å². The van der Waals surface area contributed by atoms with E-state index < -0.39 is 0 Å². The van der Waals surface area contributed by atoms with E-state index in [0.717, 1.165) is 32.7 Å². The van der Waals surface area contributed by atoms with Crippen molar-refractivity contribution in [1.29, 1.82) is 0 Å². The predicted molar refractivity (Wildman–Crippen MR) is 94.7 cm³/mol. The summed E-state index contributed by atoms with van der Waals surface area (Å²) in [5.41, 5.74) is 4.85. The molecule has 4 rings (SSSR count). The van der Waals surface area contributed by atoms with Crippen LogP contribution in [0.25, 0.3) is 22.1 Å². The van der Waals surface area contributed by atoms with Gasteiger partial charge in [0.2, 0.25) is 0 Å². The number of aromatic hydroxyl groups is 1. The number of nitrogens with zero attached hydrogens (tertiary/aromatic N) is 2. The van der Waals surface area contributed by atoms with Crippen molar-refractivity contribution in [2.24, 2.45) is 0 Å². The molecule has 23 heavy (non-hydrogen) atoms. The van der Waals surface area contributed by atoms with Gasteiger partial charge >= 0.3 is 0 Å². The van der Waals surface area contributed by atoms with Crippen LogP contribution in [0.3, 0.4) is 0 Å². The van der Waals surface area contributed by atoms with Crippen LogP contribution in [0.1, 0.15) is 5.56 Å². The zero-order valence-corrected chi connectivity index (χ0v) is 13.1. The van der Waals surface area contributed by atoms with Crippen LogP contribution >= 0.6 is 11.8 Å². The molecule has 1 heterocycles. The average Bonchev–Trinajstić information content (AvgIpc) is 2.59. The molecule has 0 radical (unpaired) electrons. The first kappa shape index (κ1) is 14.0. The maximum absolute atomic E-state index is 9.36. The van der Waals surface area contributed by atoms with Gasteiger partial charge in [0, 0.05) is 10.6 Å². The van der Waals surface area contributed by atoms with Crippen LogP contribution in [0, 0.1) is 0 Å². The van der Waals surface area contributed by atoms with Crippen molar-refractivity contribution in [2.75, 3.05) is 0 Å². The number of phenolic OH excluding ortho intramolecular Hbond substituents is 1. The maximum Gasteiger partial charge on any atom is 0.115 e. The monoisotopic (exact) mass is 318 g/mol. The molecule has 0 aliphatic carbocycles. The van der Waals surface area contributed by atoms with Gasteiger partial charge in [0.25, 0.3) is 0 Å². The van der Waals surface area contributed by atoms with E-state index in [9.17, 15) is 5.11 Å². The molecule has 3 nitrogen and oxygen atoms in total. The van der Waals surface area contributed by atoms with E-state index in [1.807, 2.05) is 48.5 Å². The Kier molecular flexibility index (Phi) is 3.60. The second-order valence-electron chi connectivity index (χ2n) is 5.29. The molecular weight excluding hydrogens is 304 g/mol. The minimum absolute atomic E-state index is 0.293. The molecule has 0 unspecified atom stereocenters. The molecule has 0 spiro atoms. The Labute approximate surface area is 138 Å². The Morgan fingerprint density at radius 1 is 0.739 bits per heavy atom. The molecule has 1 N–H and O–H groups in total. The third kappa shape index (κ3) is 2.85. The molecule has 112 valence electrons. The summed E-state index contributed by atoms with van der Waals surface area (Å²) in [6, 6.07) is 21.3. The molecule has 0 amide bonds. The molecule has 4 aromatic rings. The third-order valence-corrected chi connectivity index (χ3v) is 4.78. The van der Waals surface area contributed by atoms with Gasteiger partial charge in [-0.15, -0.1) is 11.8 Å². The van der Waals surface area contributed by atoms with Crippen molar-refractivity contribution >= 4 is 33.8 Å². The standard InChI is InChI=1S/C19H14N2OS/c22-14-10-8-13(9-11-14)12-23-18-7-3-6-17-19(18)21-16-5-2-1-4-15(16)20-17/h1-11,22H,12H2. The lowest BCUT2D eigenvalue weighted by molar-refractivity contribution is 0.475. The maximum atomic E-state index is 9.36. The molecule has 4 heteroatoms. The second-order valence-corrected chi connectivity index (χ2v) is 6.31. The summed E-state index contributed by atoms with van der Waals surface area (Å²) in [5.74, 6) is 1.12. The van der Waals surface area contributed by atoms with E-state index >= 15 is 0 Å². The molecular formula is C19H14N2OS. The largest absolute Gasteiger partial charge is 0.508 e. The second kappa shape index (κ2) is 5.89. The fourth-order valence-electron chi connectivity index (χ4n) is 2.49. The number of thioether (sulfide) groups is 1. The Morgan fingerprint density at radius 3 is 2.22 bits per heavy atom. The molecule has 3 aromatic carbocycles. The summed E-state index contributed by atoms with van der Waals surface area (Å²) in [5, 5.41) is 9.36. The van der Waals surface area contributed by atoms with Gasteiger partial charge in [-0.05, 0) is 42.0 Å². The summed E-state index contributed by atoms with van der Waals surface area (Å²) < 4.78 is 0. The van der Waals surface area contributed by atoms with E-state index in [0.29, 0.717) is 5.75 Å². The highest BCUT2D eigenvalue weighted by Gasteiger charge is 2.07. The number of fused-ring (bicyclic) bond motifs is 2. The lowest BCUT2D eigenvalue weighted by atomic mass is 10.2. The molecule has 0 saturated heterocycles. The number of rotatable bonds is 3. The quantitative estimate of drug-likeness (QED) is 0.436. The minimum atomic E-state index is 0.293. The van der Waals surface area contributed by atoms with Crippen molar-refractivity contribution < 1.29 is 5.11 Å². The molecule has 0 atom stereocenters. The fraction of sp³-hybridized carbons (Fsp3) is 0.0526. The third-order valence-electron chi connectivity index (χ3n) is 3.66. The highest BCUT2D eigenvalue weighted by molar-refractivity contribution is 7.98. The van der Waals surface area contributed by atoms with Crippen LogP contribution in [0.5, 0.6) is 5.75 Å². The van der Waals surface area contributed by atoms with Crippen molar-refractivity contribution in [3.63, 3.8) is 0 Å². The van der Waals surface area contributed by atoms with Gasteiger partial charge in [0.15, 0.2) is 0 Å². The van der Waals surface area contributed by atoms with Crippen molar-refractivity contribution in [1.82, 2.24) is 9.97 Å². The summed E-state index contributed by atoms with van der Waals surface area (Å²) in [6.07, 6.45) is 0. The van der Waals surface area contributed by atoms with Gasteiger partial charge in [-0.3, -0.25) is 0 Å². The summed E-state index contributed by atoms with van der Waals surface area (Å²) >= 11 is 1.73. The van der Waals surface area contributed by atoms with Crippen LogP contribution in [0.4, 0.5) is 0 Å². The Morgan fingerprint density at radius 2 is 1.43 bits per heavy atom. The highest BCUT2D eigenvalue weighted by Crippen LogP contribution is 2.30. The molecule has 0 aliphatic heterocycles. The van der Waals surface area contributed by atoms with Crippen molar-refractivity contribution in [3.05, 3.63) is 72.3 Å². The first-order chi connectivity index (χ1) is 11.3. The van der Waals surface area contributed by atoms with E-state index in [2.05, 4.69) is 6.07 Å². The van der Waals surface area contributed by atoms with E-state index in [1.165, 1.54) is 5.56 Å². The molecule has 0 saturated carbocycles. The molecule has 1 aromatic heterocycles. The number of benzene rings is 3. The zero-order chi connectivity index (χ0) is 15.6. The highest BCUT2D eigenvalue weighted by atomic mass is 32.2. The van der Waals surface area contributed by atoms with Crippen LogP contribution in [-0.4, -0.2) is 15.1 Å². The molecule has 0 aliphatic rings. The zero-order valence-electron chi connectivity index (χ0n) is 12.3. The fourth-order valence-corrected chi connectivity index (χ4v) is 3.46. The van der Waals surface area contributed by atoms with Gasteiger partial charge in [-0.2, -0.15) is 0 Å². The summed E-state index contributed by atoms with van der Waals surface area (Å²) in [6.45, 7) is 0. The van der Waals surface area contributed by atoms with Gasteiger partial charge in [-0.25, -0.2) is 9.97 Å². The van der Waals surface area contributed by atoms with Crippen LogP contribution < -0.4 is 0 Å². The minimum Gasteiger partial charge on any atom is -0.508 e. The lowest BCUT2D eigenvalue weighted by Gasteiger charge is -2.07. The predicted octanol–water partition coefficient (Wildman–Crippen LogP) is 4.78. The van der Waals surface area contributed by atoms with E-state index in [4.69, 9.17) is 9.97 Å². The van der Waals surface area contributed by atoms with Crippen molar-refractivity contribution in [3.8, 4) is 5.75 Å². The smallest absolute Gasteiger partial charge is 0.115 e. The van der Waals surface area contributed by atoms with E-state index in [1.54, 1.807) is 23.9 Å². The average molecular weight is 318 g/mol. The van der Waals surface area contributed by atoms with Crippen LogP contribution in [0.15, 0.2) is 71.6 Å². The Bertz CT molecular complexity index is 983. The van der Waals surface area contributed by atoms with Gasteiger partial charge in [-0.1, -0.05) is 30.3 Å². The van der Waals surface area contributed by atoms with Crippen LogP contribution in [-0.2, 0) is 5.75 Å². The Balaban J connectivity index is 1.71. The summed E-state index contributed by atoms with van der Waals surface area (Å²) in [4.78, 5) is 10.6. The number of aromatic nitrogens is 2. The van der Waals surface area contributed by atoms with Gasteiger partial charge in [0.1, 0.15) is 11.3 Å². The van der Waals surface area contributed by atoms with Crippen molar-refractivity contribution in [2.45, 2.75) is 10.6 Å². The normalized spacial score (nSPS) is 11.1. The van der Waals surface area contributed by atoms with E-state index in [-0.39, 0.29) is 0 Å². The Hall–Kier alpha value is -2.59. The summed E-state index contributed by atoms with van der Waals surface area (Å²) in [7, 11) is 0. The molecule has 0 fully saturated rings. The number of para-hydroxylation sites is 3. The molecule has 0 bridgehead atoms. The first-order valence-corrected chi connectivity index (χ1v) is 8.34. The topological polar surface area (TPSA) is 46.0 Å². The first-order valence-electron chi connectivity index (χ1n) is 7.36. The number of hydrogen-bond acceptors (Lipinski definition) is 4. The van der Waals surface area contributed by atoms with Gasteiger partial charge in [0.05, 0.1) is 16.6 Å². The SMILES string of the molecule is Oc1ccc(CSc2cccc3nc4ccccc4nc23)cc1.